The molecule has 0 unspecified atom stereocenters. The van der Waals surface area contributed by atoms with Crippen molar-refractivity contribution in [2.24, 2.45) is 0 Å². The van der Waals surface area contributed by atoms with Crippen LogP contribution in [-0.4, -0.2) is 34.6 Å². The Balaban J connectivity index is 1.55. The van der Waals surface area contributed by atoms with E-state index in [9.17, 15) is 10.2 Å². The smallest absolute Gasteiger partial charge is 0.141 e. The molecule has 6 aromatic rings. The van der Waals surface area contributed by atoms with E-state index in [1.807, 2.05) is 173 Å². The van der Waals surface area contributed by atoms with Crippen molar-refractivity contribution in [3.8, 4) is 34.1 Å². The van der Waals surface area contributed by atoms with Crippen LogP contribution in [0.2, 0.25) is 0 Å². The van der Waals surface area contributed by atoms with E-state index in [-0.39, 0.29) is 24.4 Å². The minimum absolute atomic E-state index is 0.0519. The van der Waals surface area contributed by atoms with E-state index in [2.05, 4.69) is 27.7 Å². The normalized spacial score (nSPS) is 13.8. The molecule has 0 saturated carbocycles. The molecule has 0 fully saturated rings. The van der Waals surface area contributed by atoms with Gasteiger partial charge in [-0.25, -0.2) is 0 Å². The number of ether oxygens (including phenoxy) is 4. The summed E-state index contributed by atoms with van der Waals surface area (Å²) in [6, 6.07) is 46.7. The maximum atomic E-state index is 13.5. The van der Waals surface area contributed by atoms with Crippen LogP contribution in [0.1, 0.15) is 114 Å². The lowest BCUT2D eigenvalue weighted by Gasteiger charge is -2.35. The van der Waals surface area contributed by atoms with E-state index in [4.69, 9.17) is 18.9 Å². The summed E-state index contributed by atoms with van der Waals surface area (Å²) in [7, 11) is 0. The lowest BCUT2D eigenvalue weighted by Crippen LogP contribution is -2.31. The van der Waals surface area contributed by atoms with E-state index >= 15 is 0 Å². The van der Waals surface area contributed by atoms with Crippen molar-refractivity contribution in [1.82, 2.24) is 0 Å². The molecule has 6 rings (SSSR count). The molecule has 6 aromatic carbocycles. The first-order chi connectivity index (χ1) is 28.9. The average Bonchev–Trinajstić information content (AvgIpc) is 3.29. The highest BCUT2D eigenvalue weighted by Gasteiger charge is 2.40. The summed E-state index contributed by atoms with van der Waals surface area (Å²) in [5, 5.41) is 27.0. The molecule has 0 aromatic heterocycles. The molecule has 0 bridgehead atoms. The summed E-state index contributed by atoms with van der Waals surface area (Å²) in [4.78, 5) is 0. The van der Waals surface area contributed by atoms with Gasteiger partial charge in [-0.05, 0) is 135 Å². The molecule has 314 valence electrons. The van der Waals surface area contributed by atoms with E-state index in [1.165, 1.54) is 0 Å². The van der Waals surface area contributed by atoms with Crippen LogP contribution in [0.15, 0.2) is 146 Å². The molecule has 4 atom stereocenters. The highest BCUT2D eigenvalue weighted by atomic mass is 16.5. The Morgan fingerprint density at radius 1 is 0.350 bits per heavy atom. The van der Waals surface area contributed by atoms with Crippen LogP contribution in [0.25, 0.3) is 11.1 Å². The van der Waals surface area contributed by atoms with Crippen LogP contribution in [0.5, 0.6) is 23.0 Å². The first-order valence-electron chi connectivity index (χ1n) is 21.7. The molecule has 0 spiro atoms. The van der Waals surface area contributed by atoms with Gasteiger partial charge in [0, 0.05) is 11.1 Å². The van der Waals surface area contributed by atoms with Gasteiger partial charge in [-0.3, -0.25) is 0 Å². The number of aliphatic hydroxyl groups is 2. The van der Waals surface area contributed by atoms with Crippen LogP contribution in [0.4, 0.5) is 0 Å². The van der Waals surface area contributed by atoms with E-state index in [1.54, 1.807) is 0 Å². The topological polar surface area (TPSA) is 77.4 Å². The predicted octanol–water partition coefficient (Wildman–Crippen LogP) is 12.6. The zero-order chi connectivity index (χ0) is 42.9. The standard InChI is InChI=1S/C54H62O6/c1-9-37(5)57-45-29-21-41(22-30-45)53(55,42-23-31-46(32-24-42)58-38(6)10-2)51-19-15-13-17-49(51)50-18-14-16-20-52(50)54(56,43-25-33-47(34-26-43)59-39(7)11-3)44-27-35-48(36-28-44)60-40(8)12-4/h13-40,55-56H,9-12H2,1-8H3/t37-,38-,39-,40-/m1/s1. The van der Waals surface area contributed by atoms with Gasteiger partial charge in [0.2, 0.25) is 0 Å². The second-order valence-electron chi connectivity index (χ2n) is 16.0. The molecule has 0 amide bonds. The van der Waals surface area contributed by atoms with Crippen LogP contribution >= 0.6 is 0 Å². The molecule has 0 aliphatic rings. The molecule has 0 aliphatic heterocycles. The summed E-state index contributed by atoms with van der Waals surface area (Å²) in [6.45, 7) is 16.6. The third-order valence-corrected chi connectivity index (χ3v) is 11.7. The minimum atomic E-state index is -1.63. The zero-order valence-corrected chi connectivity index (χ0v) is 36.5. The maximum Gasteiger partial charge on any atom is 0.141 e. The molecule has 6 nitrogen and oxygen atoms in total. The first-order valence-corrected chi connectivity index (χ1v) is 21.7. The van der Waals surface area contributed by atoms with Gasteiger partial charge in [0.05, 0.1) is 24.4 Å². The zero-order valence-electron chi connectivity index (χ0n) is 36.5. The summed E-state index contributed by atoms with van der Waals surface area (Å²) >= 11 is 0. The lowest BCUT2D eigenvalue weighted by atomic mass is 9.73. The van der Waals surface area contributed by atoms with Crippen molar-refractivity contribution in [3.63, 3.8) is 0 Å². The first kappa shape index (κ1) is 44.0. The van der Waals surface area contributed by atoms with Gasteiger partial charge in [0.15, 0.2) is 0 Å². The van der Waals surface area contributed by atoms with Gasteiger partial charge in [-0.1, -0.05) is 125 Å². The number of hydrogen-bond acceptors (Lipinski definition) is 6. The highest BCUT2D eigenvalue weighted by Crippen LogP contribution is 2.47. The fourth-order valence-electron chi connectivity index (χ4n) is 7.38. The Bertz CT molecular complexity index is 1970. The monoisotopic (exact) mass is 806 g/mol. The van der Waals surface area contributed by atoms with Crippen molar-refractivity contribution in [3.05, 3.63) is 179 Å². The van der Waals surface area contributed by atoms with Crippen molar-refractivity contribution in [1.29, 1.82) is 0 Å². The molecule has 0 radical (unpaired) electrons. The molecule has 6 heteroatoms. The van der Waals surface area contributed by atoms with Gasteiger partial charge >= 0.3 is 0 Å². The average molecular weight is 807 g/mol. The third-order valence-electron chi connectivity index (χ3n) is 11.7. The largest absolute Gasteiger partial charge is 0.491 e. The van der Waals surface area contributed by atoms with Gasteiger partial charge < -0.3 is 29.2 Å². The number of hydrogen-bond donors (Lipinski definition) is 2. The molecule has 0 saturated heterocycles. The molecule has 60 heavy (non-hydrogen) atoms. The van der Waals surface area contributed by atoms with Gasteiger partial charge in [-0.15, -0.1) is 0 Å². The van der Waals surface area contributed by atoms with Gasteiger partial charge in [-0.2, -0.15) is 0 Å². The fraction of sp³-hybridized carbons (Fsp3) is 0.333. The van der Waals surface area contributed by atoms with E-state index in [0.29, 0.717) is 33.4 Å². The maximum absolute atomic E-state index is 13.5. The predicted molar refractivity (Wildman–Crippen MR) is 243 cm³/mol. The van der Waals surface area contributed by atoms with Crippen molar-refractivity contribution >= 4 is 0 Å². The second kappa shape index (κ2) is 19.7. The molecular weight excluding hydrogens is 745 g/mol. The Morgan fingerprint density at radius 2 is 0.567 bits per heavy atom. The van der Waals surface area contributed by atoms with E-state index < -0.39 is 11.2 Å². The molecule has 0 heterocycles. The van der Waals surface area contributed by atoms with E-state index in [0.717, 1.165) is 59.8 Å². The fourth-order valence-corrected chi connectivity index (χ4v) is 7.38. The summed E-state index contributed by atoms with van der Waals surface area (Å²) < 4.78 is 24.6. The van der Waals surface area contributed by atoms with Gasteiger partial charge in [0.25, 0.3) is 0 Å². The SMILES string of the molecule is CC[C@@H](C)Oc1ccc(C(O)(c2ccc(O[C@H](C)CC)cc2)c2ccccc2-c2ccccc2C(O)(c2ccc(O[C@H](C)CC)cc2)c2ccc(O[C@H](C)CC)cc2)cc1. The van der Waals surface area contributed by atoms with Crippen LogP contribution in [-0.2, 0) is 11.2 Å². The van der Waals surface area contributed by atoms with Crippen molar-refractivity contribution < 1.29 is 29.2 Å². The van der Waals surface area contributed by atoms with Crippen LogP contribution in [0.3, 0.4) is 0 Å². The number of rotatable bonds is 19. The Kier molecular flexibility index (Phi) is 14.4. The molecule has 2 N–H and O–H groups in total. The summed E-state index contributed by atoms with van der Waals surface area (Å²) in [6.07, 6.45) is 3.71. The third kappa shape index (κ3) is 9.57. The Hall–Kier alpha value is -5.56. The summed E-state index contributed by atoms with van der Waals surface area (Å²) in [5.74, 6) is 2.94. The summed E-state index contributed by atoms with van der Waals surface area (Å²) in [5.41, 5.74) is 2.26. The molecular formula is C54H62O6. The number of benzene rings is 6. The minimum Gasteiger partial charge on any atom is -0.491 e. The van der Waals surface area contributed by atoms with Crippen molar-refractivity contribution in [2.45, 2.75) is 117 Å². The Labute approximate surface area is 357 Å². The second-order valence-corrected chi connectivity index (χ2v) is 16.0. The van der Waals surface area contributed by atoms with Crippen LogP contribution < -0.4 is 18.9 Å². The molecule has 0 aliphatic carbocycles. The van der Waals surface area contributed by atoms with Crippen LogP contribution in [0, 0.1) is 0 Å². The lowest BCUT2D eigenvalue weighted by molar-refractivity contribution is 0.123. The van der Waals surface area contributed by atoms with Crippen molar-refractivity contribution in [2.75, 3.05) is 0 Å². The Morgan fingerprint density at radius 3 is 0.783 bits per heavy atom. The quantitative estimate of drug-likeness (QED) is 0.0794. The highest BCUT2D eigenvalue weighted by molar-refractivity contribution is 5.76. The van der Waals surface area contributed by atoms with Gasteiger partial charge in [0.1, 0.15) is 34.2 Å².